The van der Waals surface area contributed by atoms with Crippen molar-refractivity contribution in [3.8, 4) is 5.75 Å². The Morgan fingerprint density at radius 3 is 2.73 bits per heavy atom. The predicted molar refractivity (Wildman–Crippen MR) is 42.7 cm³/mol. The zero-order valence-electron chi connectivity index (χ0n) is 6.19. The number of aromatic hydroxyl groups is 1. The second kappa shape index (κ2) is 3.41. The lowest BCUT2D eigenvalue weighted by Crippen LogP contribution is -2.31. The predicted octanol–water partition coefficient (Wildman–Crippen LogP) is -0.274. The molecular formula is C7H9BO3. The van der Waals surface area contributed by atoms with Crippen LogP contribution in [0.5, 0.6) is 5.75 Å². The van der Waals surface area contributed by atoms with Crippen LogP contribution in [-0.2, 0) is 4.65 Å². The summed E-state index contributed by atoms with van der Waals surface area (Å²) >= 11 is 0. The lowest BCUT2D eigenvalue weighted by atomic mass is 9.80. The highest BCUT2D eigenvalue weighted by Gasteiger charge is 2.13. The molecular weight excluding hydrogens is 143 g/mol. The molecule has 1 rings (SSSR count). The maximum atomic E-state index is 9.12. The van der Waals surface area contributed by atoms with E-state index >= 15 is 0 Å². The van der Waals surface area contributed by atoms with Gasteiger partial charge in [-0.3, -0.25) is 0 Å². The molecule has 0 saturated carbocycles. The second-order valence-corrected chi connectivity index (χ2v) is 2.18. The van der Waals surface area contributed by atoms with Gasteiger partial charge in [0.1, 0.15) is 5.75 Å². The molecule has 0 aliphatic carbocycles. The van der Waals surface area contributed by atoms with Gasteiger partial charge in [-0.2, -0.15) is 0 Å². The molecule has 0 atom stereocenters. The highest BCUT2D eigenvalue weighted by atomic mass is 16.5. The van der Waals surface area contributed by atoms with Crippen molar-refractivity contribution in [2.45, 2.75) is 0 Å². The van der Waals surface area contributed by atoms with Crippen LogP contribution in [0.4, 0.5) is 0 Å². The summed E-state index contributed by atoms with van der Waals surface area (Å²) in [5.74, 6) is 0.124. The van der Waals surface area contributed by atoms with Gasteiger partial charge in [-0.15, -0.1) is 0 Å². The third-order valence-corrected chi connectivity index (χ3v) is 1.38. The largest absolute Gasteiger partial charge is 0.508 e. The second-order valence-electron chi connectivity index (χ2n) is 2.18. The molecule has 0 radical (unpaired) electrons. The molecule has 0 bridgehead atoms. The molecule has 0 saturated heterocycles. The minimum Gasteiger partial charge on any atom is -0.508 e. The quantitative estimate of drug-likeness (QED) is 0.573. The molecule has 0 aromatic heterocycles. The van der Waals surface area contributed by atoms with E-state index in [4.69, 9.17) is 10.1 Å². The fraction of sp³-hybridized carbons (Fsp3) is 0.143. The highest BCUT2D eigenvalue weighted by molar-refractivity contribution is 6.59. The van der Waals surface area contributed by atoms with E-state index in [0.29, 0.717) is 5.46 Å². The van der Waals surface area contributed by atoms with Gasteiger partial charge in [-0.05, 0) is 17.6 Å². The molecule has 0 fully saturated rings. The first-order valence-corrected chi connectivity index (χ1v) is 3.24. The molecule has 1 aromatic carbocycles. The van der Waals surface area contributed by atoms with Crippen LogP contribution in [0.25, 0.3) is 0 Å². The van der Waals surface area contributed by atoms with Gasteiger partial charge in [0.2, 0.25) is 0 Å². The van der Waals surface area contributed by atoms with Crippen LogP contribution in [0.3, 0.4) is 0 Å². The topological polar surface area (TPSA) is 49.7 Å². The molecule has 0 heterocycles. The molecule has 58 valence electrons. The molecule has 1 aromatic rings. The first kappa shape index (κ1) is 8.10. The summed E-state index contributed by atoms with van der Waals surface area (Å²) in [7, 11) is 0.441. The minimum absolute atomic E-state index is 0.124. The Labute approximate surface area is 65.4 Å². The summed E-state index contributed by atoms with van der Waals surface area (Å²) in [6.45, 7) is 0. The monoisotopic (exact) mass is 152 g/mol. The smallest absolute Gasteiger partial charge is 0.491 e. The normalized spacial score (nSPS) is 9.64. The van der Waals surface area contributed by atoms with Crippen molar-refractivity contribution in [2.75, 3.05) is 7.11 Å². The van der Waals surface area contributed by atoms with Crippen molar-refractivity contribution in [1.82, 2.24) is 0 Å². The van der Waals surface area contributed by atoms with Crippen molar-refractivity contribution < 1.29 is 14.8 Å². The van der Waals surface area contributed by atoms with Crippen LogP contribution in [0.2, 0.25) is 0 Å². The number of rotatable bonds is 2. The molecule has 0 unspecified atom stereocenters. The Hall–Kier alpha value is -0.995. The van der Waals surface area contributed by atoms with Gasteiger partial charge in [0.05, 0.1) is 0 Å². The maximum Gasteiger partial charge on any atom is 0.491 e. The van der Waals surface area contributed by atoms with Crippen LogP contribution < -0.4 is 5.46 Å². The molecule has 2 N–H and O–H groups in total. The van der Waals surface area contributed by atoms with E-state index in [1.165, 1.54) is 19.2 Å². The first-order chi connectivity index (χ1) is 5.24. The van der Waals surface area contributed by atoms with E-state index in [0.717, 1.165) is 0 Å². The fourth-order valence-electron chi connectivity index (χ4n) is 0.814. The minimum atomic E-state index is -0.956. The summed E-state index contributed by atoms with van der Waals surface area (Å²) in [4.78, 5) is 0. The zero-order chi connectivity index (χ0) is 8.27. The molecule has 0 spiro atoms. The Bertz CT molecular complexity index is 239. The Kier molecular flexibility index (Phi) is 2.51. The third-order valence-electron chi connectivity index (χ3n) is 1.38. The van der Waals surface area contributed by atoms with Gasteiger partial charge in [0.15, 0.2) is 0 Å². The van der Waals surface area contributed by atoms with Crippen molar-refractivity contribution in [1.29, 1.82) is 0 Å². The Morgan fingerprint density at radius 1 is 1.45 bits per heavy atom. The Balaban J connectivity index is 2.86. The van der Waals surface area contributed by atoms with E-state index in [1.54, 1.807) is 12.1 Å². The van der Waals surface area contributed by atoms with E-state index in [2.05, 4.69) is 4.65 Å². The number of phenols is 1. The highest BCUT2D eigenvalue weighted by Crippen LogP contribution is 2.03. The van der Waals surface area contributed by atoms with E-state index < -0.39 is 7.12 Å². The van der Waals surface area contributed by atoms with Crippen LogP contribution in [0, 0.1) is 0 Å². The number of phenolic OH excluding ortho intramolecular Hbond substituents is 1. The first-order valence-electron chi connectivity index (χ1n) is 3.24. The molecule has 11 heavy (non-hydrogen) atoms. The van der Waals surface area contributed by atoms with Gasteiger partial charge in [-0.1, -0.05) is 12.1 Å². The van der Waals surface area contributed by atoms with Crippen LogP contribution in [0.1, 0.15) is 0 Å². The molecule has 4 heteroatoms. The summed E-state index contributed by atoms with van der Waals surface area (Å²) < 4.78 is 4.64. The SMILES string of the molecule is COB(O)c1cccc(O)c1. The molecule has 0 aliphatic heterocycles. The fourth-order valence-corrected chi connectivity index (χ4v) is 0.814. The van der Waals surface area contributed by atoms with Crippen molar-refractivity contribution in [3.05, 3.63) is 24.3 Å². The average Bonchev–Trinajstić information content (AvgIpc) is 2.03. The molecule has 0 amide bonds. The average molecular weight is 152 g/mol. The van der Waals surface area contributed by atoms with Crippen molar-refractivity contribution >= 4 is 12.6 Å². The van der Waals surface area contributed by atoms with Gasteiger partial charge >= 0.3 is 7.12 Å². The summed E-state index contributed by atoms with van der Waals surface area (Å²) in [5.41, 5.74) is 0.549. The van der Waals surface area contributed by atoms with E-state index in [-0.39, 0.29) is 5.75 Å². The van der Waals surface area contributed by atoms with Gasteiger partial charge in [0, 0.05) is 7.11 Å². The number of hydrogen-bond acceptors (Lipinski definition) is 3. The summed E-state index contributed by atoms with van der Waals surface area (Å²) in [5, 5.41) is 18.1. The summed E-state index contributed by atoms with van der Waals surface area (Å²) in [6.07, 6.45) is 0. The number of hydrogen-bond donors (Lipinski definition) is 2. The lowest BCUT2D eigenvalue weighted by molar-refractivity contribution is 0.341. The van der Waals surface area contributed by atoms with Gasteiger partial charge in [-0.25, -0.2) is 0 Å². The van der Waals surface area contributed by atoms with E-state index in [1.807, 2.05) is 0 Å². The van der Waals surface area contributed by atoms with Crippen molar-refractivity contribution in [3.63, 3.8) is 0 Å². The van der Waals surface area contributed by atoms with Crippen molar-refractivity contribution in [2.24, 2.45) is 0 Å². The number of benzene rings is 1. The standard InChI is InChI=1S/C7H9BO3/c1-11-8(10)6-3-2-4-7(9)5-6/h2-5,9-10H,1H3. The zero-order valence-corrected chi connectivity index (χ0v) is 6.19. The maximum absolute atomic E-state index is 9.12. The van der Waals surface area contributed by atoms with Gasteiger partial charge < -0.3 is 14.8 Å². The summed E-state index contributed by atoms with van der Waals surface area (Å²) in [6, 6.07) is 6.31. The van der Waals surface area contributed by atoms with E-state index in [9.17, 15) is 0 Å². The lowest BCUT2D eigenvalue weighted by Gasteiger charge is -2.02. The van der Waals surface area contributed by atoms with Gasteiger partial charge in [0.25, 0.3) is 0 Å². The third kappa shape index (κ3) is 1.96. The Morgan fingerprint density at radius 2 is 2.18 bits per heavy atom. The van der Waals surface area contributed by atoms with Crippen LogP contribution in [-0.4, -0.2) is 24.4 Å². The van der Waals surface area contributed by atoms with Crippen LogP contribution in [0.15, 0.2) is 24.3 Å². The molecule has 3 nitrogen and oxygen atoms in total. The van der Waals surface area contributed by atoms with Crippen LogP contribution >= 0.6 is 0 Å². The molecule has 0 aliphatic rings.